The molecule has 0 aliphatic carbocycles. The van der Waals surface area contributed by atoms with Crippen molar-refractivity contribution in [1.29, 1.82) is 0 Å². The van der Waals surface area contributed by atoms with Crippen LogP contribution < -0.4 is 4.89 Å². The molecule has 1 aromatic carbocycles. The van der Waals surface area contributed by atoms with Gasteiger partial charge in [-0.2, -0.15) is 4.89 Å². The maximum absolute atomic E-state index is 5.08. The number of likely N-dealkylation sites (N-methyl/N-ethyl adjacent to an activating group) is 1. The van der Waals surface area contributed by atoms with E-state index in [2.05, 4.69) is 11.0 Å². The van der Waals surface area contributed by atoms with Crippen molar-refractivity contribution >= 4 is 0 Å². The largest absolute Gasteiger partial charge is 0.337 e. The molecule has 70 valence electrons. The van der Waals surface area contributed by atoms with Gasteiger partial charge in [-0.15, -0.1) is 0 Å². The third-order valence-electron chi connectivity index (χ3n) is 2.28. The Labute approximate surface area is 77.8 Å². The van der Waals surface area contributed by atoms with E-state index in [0.29, 0.717) is 12.6 Å². The first-order valence-electron chi connectivity index (χ1n) is 4.34. The second-order valence-electron chi connectivity index (χ2n) is 3.39. The molecule has 0 amide bonds. The molecule has 0 N–H and O–H groups in total. The number of rotatable bonds is 1. The molecule has 0 fully saturated rings. The van der Waals surface area contributed by atoms with Crippen LogP contribution in [0.1, 0.15) is 11.6 Å². The first-order valence-corrected chi connectivity index (χ1v) is 4.34. The molecule has 1 aliphatic rings. The summed E-state index contributed by atoms with van der Waals surface area (Å²) in [7, 11) is 4.08. The Morgan fingerprint density at radius 1 is 1.31 bits per heavy atom. The van der Waals surface area contributed by atoms with Gasteiger partial charge in [-0.05, 0) is 20.2 Å². The monoisotopic (exact) mass is 179 g/mol. The van der Waals surface area contributed by atoms with Crippen LogP contribution in [0.25, 0.3) is 0 Å². The SMILES string of the molecule is CN(C)C1COOc2ccccc21. The van der Waals surface area contributed by atoms with Gasteiger partial charge in [0.2, 0.25) is 0 Å². The molecule has 0 saturated carbocycles. The van der Waals surface area contributed by atoms with Gasteiger partial charge in [-0.25, -0.2) is 0 Å². The second kappa shape index (κ2) is 3.36. The van der Waals surface area contributed by atoms with Crippen LogP contribution in [0.2, 0.25) is 0 Å². The summed E-state index contributed by atoms with van der Waals surface area (Å²) in [6.45, 7) is 0.587. The van der Waals surface area contributed by atoms with E-state index in [0.717, 1.165) is 5.75 Å². The predicted molar refractivity (Wildman–Crippen MR) is 49.5 cm³/mol. The van der Waals surface area contributed by atoms with Gasteiger partial charge >= 0.3 is 0 Å². The lowest BCUT2D eigenvalue weighted by atomic mass is 10.1. The molecule has 3 nitrogen and oxygen atoms in total. The van der Waals surface area contributed by atoms with Crippen LogP contribution in [0.15, 0.2) is 24.3 Å². The number of nitrogens with zero attached hydrogens (tertiary/aromatic N) is 1. The van der Waals surface area contributed by atoms with Crippen LogP contribution >= 0.6 is 0 Å². The molecule has 1 aliphatic heterocycles. The van der Waals surface area contributed by atoms with Gasteiger partial charge in [-0.1, -0.05) is 18.2 Å². The zero-order valence-electron chi connectivity index (χ0n) is 7.86. The summed E-state index contributed by atoms with van der Waals surface area (Å²) in [5, 5.41) is 0. The molecule has 0 saturated heterocycles. The van der Waals surface area contributed by atoms with Gasteiger partial charge in [-0.3, -0.25) is 0 Å². The highest BCUT2D eigenvalue weighted by atomic mass is 17.2. The fourth-order valence-electron chi connectivity index (χ4n) is 1.51. The Bertz CT molecular complexity index is 299. The zero-order chi connectivity index (χ0) is 9.26. The van der Waals surface area contributed by atoms with Crippen LogP contribution in [0.3, 0.4) is 0 Å². The van der Waals surface area contributed by atoms with Crippen molar-refractivity contribution in [3.8, 4) is 5.75 Å². The summed E-state index contributed by atoms with van der Waals surface area (Å²) < 4.78 is 0. The van der Waals surface area contributed by atoms with Gasteiger partial charge < -0.3 is 9.79 Å². The highest BCUT2D eigenvalue weighted by molar-refractivity contribution is 5.36. The second-order valence-corrected chi connectivity index (χ2v) is 3.39. The quantitative estimate of drug-likeness (QED) is 0.611. The van der Waals surface area contributed by atoms with Crippen molar-refractivity contribution in [1.82, 2.24) is 4.90 Å². The minimum absolute atomic E-state index is 0.296. The van der Waals surface area contributed by atoms with Crippen LogP contribution in [-0.2, 0) is 4.89 Å². The average Bonchev–Trinajstić information content (AvgIpc) is 2.17. The lowest BCUT2D eigenvalue weighted by Gasteiger charge is -2.29. The summed E-state index contributed by atoms with van der Waals surface area (Å²) in [6, 6.07) is 8.25. The van der Waals surface area contributed by atoms with E-state index in [1.165, 1.54) is 5.56 Å². The molecule has 0 aromatic heterocycles. The van der Waals surface area contributed by atoms with E-state index in [-0.39, 0.29) is 0 Å². The van der Waals surface area contributed by atoms with Crippen LogP contribution in [0.4, 0.5) is 0 Å². The summed E-state index contributed by atoms with van der Waals surface area (Å²) in [5.41, 5.74) is 1.19. The van der Waals surface area contributed by atoms with Crippen molar-refractivity contribution in [3.05, 3.63) is 29.8 Å². The molecule has 13 heavy (non-hydrogen) atoms. The average molecular weight is 179 g/mol. The Morgan fingerprint density at radius 2 is 2.08 bits per heavy atom. The molecular formula is C10H13NO2. The van der Waals surface area contributed by atoms with Gasteiger partial charge in [0, 0.05) is 5.56 Å². The van der Waals surface area contributed by atoms with Gasteiger partial charge in [0.15, 0.2) is 5.75 Å². The van der Waals surface area contributed by atoms with E-state index >= 15 is 0 Å². The fraction of sp³-hybridized carbons (Fsp3) is 0.400. The summed E-state index contributed by atoms with van der Waals surface area (Å²) in [4.78, 5) is 12.2. The maximum Gasteiger partial charge on any atom is 0.170 e. The number of benzene rings is 1. The minimum atomic E-state index is 0.296. The highest BCUT2D eigenvalue weighted by Crippen LogP contribution is 2.31. The predicted octanol–water partition coefficient (Wildman–Crippen LogP) is 1.61. The fourth-order valence-corrected chi connectivity index (χ4v) is 1.51. The summed E-state index contributed by atoms with van der Waals surface area (Å²) in [6.07, 6.45) is 0. The van der Waals surface area contributed by atoms with Crippen molar-refractivity contribution in [3.63, 3.8) is 0 Å². The molecule has 2 rings (SSSR count). The van der Waals surface area contributed by atoms with Crippen LogP contribution in [-0.4, -0.2) is 25.6 Å². The van der Waals surface area contributed by atoms with Crippen molar-refractivity contribution in [2.45, 2.75) is 6.04 Å². The summed E-state index contributed by atoms with van der Waals surface area (Å²) in [5.74, 6) is 0.826. The number of hydrogen-bond acceptors (Lipinski definition) is 3. The lowest BCUT2D eigenvalue weighted by molar-refractivity contribution is -0.230. The van der Waals surface area contributed by atoms with Gasteiger partial charge in [0.25, 0.3) is 0 Å². The van der Waals surface area contributed by atoms with E-state index in [9.17, 15) is 0 Å². The first-order chi connectivity index (χ1) is 6.29. The molecule has 0 bridgehead atoms. The molecule has 1 heterocycles. The Hall–Kier alpha value is -1.06. The molecule has 0 spiro atoms. The zero-order valence-corrected chi connectivity index (χ0v) is 7.86. The molecule has 1 aromatic rings. The third kappa shape index (κ3) is 1.53. The van der Waals surface area contributed by atoms with Crippen molar-refractivity contribution < 1.29 is 9.78 Å². The van der Waals surface area contributed by atoms with Gasteiger partial charge in [0.05, 0.1) is 6.04 Å². The highest BCUT2D eigenvalue weighted by Gasteiger charge is 2.23. The molecule has 3 heteroatoms. The van der Waals surface area contributed by atoms with Crippen molar-refractivity contribution in [2.75, 3.05) is 20.7 Å². The third-order valence-corrected chi connectivity index (χ3v) is 2.28. The van der Waals surface area contributed by atoms with Crippen LogP contribution in [0, 0.1) is 0 Å². The molecule has 1 unspecified atom stereocenters. The molecule has 0 radical (unpaired) electrons. The van der Waals surface area contributed by atoms with E-state index < -0.39 is 0 Å². The molecular weight excluding hydrogens is 166 g/mol. The number of para-hydroxylation sites is 1. The standard InChI is InChI=1S/C10H13NO2/c1-11(2)9-7-12-13-10-6-4-3-5-8(9)10/h3-6,9H,7H2,1-2H3. The van der Waals surface area contributed by atoms with E-state index in [4.69, 9.17) is 9.78 Å². The smallest absolute Gasteiger partial charge is 0.170 e. The minimum Gasteiger partial charge on any atom is -0.337 e. The molecule has 1 atom stereocenters. The summed E-state index contributed by atoms with van der Waals surface area (Å²) >= 11 is 0. The Morgan fingerprint density at radius 3 is 2.85 bits per heavy atom. The van der Waals surface area contributed by atoms with E-state index in [1.807, 2.05) is 32.3 Å². The number of fused-ring (bicyclic) bond motifs is 1. The van der Waals surface area contributed by atoms with E-state index in [1.54, 1.807) is 0 Å². The maximum atomic E-state index is 5.08. The van der Waals surface area contributed by atoms with Crippen LogP contribution in [0.5, 0.6) is 5.75 Å². The lowest BCUT2D eigenvalue weighted by Crippen LogP contribution is -2.28. The number of hydrogen-bond donors (Lipinski definition) is 0. The van der Waals surface area contributed by atoms with Crippen molar-refractivity contribution in [2.24, 2.45) is 0 Å². The first kappa shape index (κ1) is 8.53. The Kier molecular flexibility index (Phi) is 2.20. The Balaban J connectivity index is 2.37. The van der Waals surface area contributed by atoms with Gasteiger partial charge in [0.1, 0.15) is 6.61 Å². The topological polar surface area (TPSA) is 21.7 Å². The normalized spacial score (nSPS) is 21.0.